The van der Waals surface area contributed by atoms with Crippen molar-refractivity contribution in [1.82, 2.24) is 4.98 Å². The molecular formula is C17H16BrN3. The van der Waals surface area contributed by atoms with E-state index in [1.807, 2.05) is 37.4 Å². The Bertz CT molecular complexity index is 799. The molecule has 0 fully saturated rings. The SMILES string of the molecule is Cc1cc2c(NCc3cccc(Br)c3)ccc(N)c2cn1. The summed E-state index contributed by atoms with van der Waals surface area (Å²) in [4.78, 5) is 4.33. The summed E-state index contributed by atoms with van der Waals surface area (Å²) in [5.74, 6) is 0. The van der Waals surface area contributed by atoms with Crippen LogP contribution in [0.15, 0.2) is 53.1 Å². The molecule has 3 N–H and O–H groups in total. The summed E-state index contributed by atoms with van der Waals surface area (Å²) in [5.41, 5.74) is 10.1. The second-order valence-electron chi connectivity index (χ2n) is 5.06. The molecule has 21 heavy (non-hydrogen) atoms. The quantitative estimate of drug-likeness (QED) is 0.689. The van der Waals surface area contributed by atoms with E-state index in [9.17, 15) is 0 Å². The topological polar surface area (TPSA) is 50.9 Å². The Balaban J connectivity index is 1.94. The van der Waals surface area contributed by atoms with Gasteiger partial charge in [0.05, 0.1) is 0 Å². The number of aromatic nitrogens is 1. The van der Waals surface area contributed by atoms with Crippen molar-refractivity contribution in [1.29, 1.82) is 0 Å². The predicted octanol–water partition coefficient (Wildman–Crippen LogP) is 4.50. The number of halogens is 1. The van der Waals surface area contributed by atoms with Gasteiger partial charge in [-0.3, -0.25) is 4.98 Å². The van der Waals surface area contributed by atoms with Gasteiger partial charge in [0.2, 0.25) is 0 Å². The summed E-state index contributed by atoms with van der Waals surface area (Å²) in [5, 5.41) is 5.58. The van der Waals surface area contributed by atoms with E-state index in [2.05, 4.69) is 44.4 Å². The first-order valence-electron chi connectivity index (χ1n) is 6.76. The molecule has 2 aromatic carbocycles. The van der Waals surface area contributed by atoms with E-state index in [1.165, 1.54) is 5.56 Å². The van der Waals surface area contributed by atoms with Crippen molar-refractivity contribution >= 4 is 38.1 Å². The minimum absolute atomic E-state index is 0.755. The van der Waals surface area contributed by atoms with Gasteiger partial charge in [-0.25, -0.2) is 0 Å². The van der Waals surface area contributed by atoms with Crippen molar-refractivity contribution < 1.29 is 0 Å². The van der Waals surface area contributed by atoms with Crippen LogP contribution in [0.4, 0.5) is 11.4 Å². The van der Waals surface area contributed by atoms with E-state index in [4.69, 9.17) is 5.73 Å². The number of aryl methyl sites for hydroxylation is 1. The van der Waals surface area contributed by atoms with Crippen LogP contribution in [0.1, 0.15) is 11.3 Å². The van der Waals surface area contributed by atoms with Gasteiger partial charge in [-0.05, 0) is 42.8 Å². The normalized spacial score (nSPS) is 10.8. The van der Waals surface area contributed by atoms with Crippen LogP contribution in [0.3, 0.4) is 0 Å². The molecule has 0 amide bonds. The van der Waals surface area contributed by atoms with E-state index >= 15 is 0 Å². The van der Waals surface area contributed by atoms with Gasteiger partial charge in [0.1, 0.15) is 0 Å². The minimum atomic E-state index is 0.755. The van der Waals surface area contributed by atoms with E-state index in [0.29, 0.717) is 0 Å². The summed E-state index contributed by atoms with van der Waals surface area (Å²) in [7, 11) is 0. The fourth-order valence-electron chi connectivity index (χ4n) is 2.36. The molecule has 0 unspecified atom stereocenters. The highest BCUT2D eigenvalue weighted by atomic mass is 79.9. The third kappa shape index (κ3) is 3.00. The molecule has 3 rings (SSSR count). The molecule has 0 saturated carbocycles. The van der Waals surface area contributed by atoms with Gasteiger partial charge in [0.15, 0.2) is 0 Å². The van der Waals surface area contributed by atoms with Gasteiger partial charge in [0, 0.05) is 45.1 Å². The van der Waals surface area contributed by atoms with Crippen LogP contribution in [-0.4, -0.2) is 4.98 Å². The van der Waals surface area contributed by atoms with Gasteiger partial charge in [-0.2, -0.15) is 0 Å². The van der Waals surface area contributed by atoms with Crippen LogP contribution in [0.25, 0.3) is 10.8 Å². The first-order chi connectivity index (χ1) is 10.1. The molecular weight excluding hydrogens is 326 g/mol. The van der Waals surface area contributed by atoms with Crippen molar-refractivity contribution in [2.24, 2.45) is 0 Å². The molecule has 1 aromatic heterocycles. The number of nitrogens with two attached hydrogens (primary N) is 1. The lowest BCUT2D eigenvalue weighted by atomic mass is 10.1. The first kappa shape index (κ1) is 13.9. The third-order valence-electron chi connectivity index (χ3n) is 3.44. The minimum Gasteiger partial charge on any atom is -0.398 e. The van der Waals surface area contributed by atoms with Crippen LogP contribution < -0.4 is 11.1 Å². The van der Waals surface area contributed by atoms with Gasteiger partial charge >= 0.3 is 0 Å². The smallest absolute Gasteiger partial charge is 0.0425 e. The number of nitrogens with one attached hydrogen (secondary N) is 1. The lowest BCUT2D eigenvalue weighted by Crippen LogP contribution is -2.01. The fourth-order valence-corrected chi connectivity index (χ4v) is 2.81. The number of hydrogen-bond donors (Lipinski definition) is 2. The molecule has 0 aliphatic carbocycles. The van der Waals surface area contributed by atoms with Gasteiger partial charge in [-0.1, -0.05) is 28.1 Å². The Morgan fingerprint density at radius 2 is 2.00 bits per heavy atom. The second kappa shape index (κ2) is 5.74. The third-order valence-corrected chi connectivity index (χ3v) is 3.94. The van der Waals surface area contributed by atoms with E-state index < -0.39 is 0 Å². The lowest BCUT2D eigenvalue weighted by Gasteiger charge is -2.12. The maximum atomic E-state index is 6.03. The second-order valence-corrected chi connectivity index (χ2v) is 5.97. The van der Waals surface area contributed by atoms with Gasteiger partial charge in [-0.15, -0.1) is 0 Å². The Morgan fingerprint density at radius 3 is 2.81 bits per heavy atom. The molecule has 0 saturated heterocycles. The summed E-state index contributed by atoms with van der Waals surface area (Å²) >= 11 is 3.49. The molecule has 3 nitrogen and oxygen atoms in total. The zero-order valence-corrected chi connectivity index (χ0v) is 13.3. The zero-order valence-electron chi connectivity index (χ0n) is 11.7. The van der Waals surface area contributed by atoms with Crippen LogP contribution in [0, 0.1) is 6.92 Å². The van der Waals surface area contributed by atoms with Crippen molar-refractivity contribution in [3.8, 4) is 0 Å². The average Bonchev–Trinajstić information content (AvgIpc) is 2.46. The van der Waals surface area contributed by atoms with E-state index in [-0.39, 0.29) is 0 Å². The molecule has 106 valence electrons. The largest absolute Gasteiger partial charge is 0.398 e. The highest BCUT2D eigenvalue weighted by Gasteiger charge is 2.05. The van der Waals surface area contributed by atoms with Gasteiger partial charge in [0.25, 0.3) is 0 Å². The van der Waals surface area contributed by atoms with Crippen LogP contribution in [0.5, 0.6) is 0 Å². The standard InChI is InChI=1S/C17H16BrN3/c1-11-7-14-15(10-20-11)16(19)5-6-17(14)21-9-12-3-2-4-13(18)8-12/h2-8,10,21H,9,19H2,1H3. The maximum absolute atomic E-state index is 6.03. The Morgan fingerprint density at radius 1 is 1.14 bits per heavy atom. The molecule has 1 heterocycles. The van der Waals surface area contributed by atoms with E-state index in [0.717, 1.165) is 38.9 Å². The molecule has 0 spiro atoms. The maximum Gasteiger partial charge on any atom is 0.0425 e. The Hall–Kier alpha value is -2.07. The molecule has 0 atom stereocenters. The van der Waals surface area contributed by atoms with Gasteiger partial charge < -0.3 is 11.1 Å². The number of nitrogens with zero attached hydrogens (tertiary/aromatic N) is 1. The molecule has 0 radical (unpaired) electrons. The number of benzene rings is 2. The number of nitrogen functional groups attached to an aromatic ring is 1. The number of fused-ring (bicyclic) bond motifs is 1. The average molecular weight is 342 g/mol. The molecule has 3 aromatic rings. The van der Waals surface area contributed by atoms with E-state index in [1.54, 1.807) is 0 Å². The molecule has 0 bridgehead atoms. The van der Waals surface area contributed by atoms with Crippen LogP contribution in [-0.2, 0) is 6.54 Å². The Labute approximate surface area is 132 Å². The molecule has 0 aliphatic rings. The van der Waals surface area contributed by atoms with Crippen molar-refractivity contribution in [2.75, 3.05) is 11.1 Å². The monoisotopic (exact) mass is 341 g/mol. The summed E-state index contributed by atoms with van der Waals surface area (Å²) in [6.45, 7) is 2.75. The number of hydrogen-bond acceptors (Lipinski definition) is 3. The fraction of sp³-hybridized carbons (Fsp3) is 0.118. The van der Waals surface area contributed by atoms with Crippen molar-refractivity contribution in [3.05, 3.63) is 64.4 Å². The number of pyridine rings is 1. The predicted molar refractivity (Wildman–Crippen MR) is 92.4 cm³/mol. The summed E-state index contributed by atoms with van der Waals surface area (Å²) in [6, 6.07) is 14.3. The summed E-state index contributed by atoms with van der Waals surface area (Å²) < 4.78 is 1.09. The lowest BCUT2D eigenvalue weighted by molar-refractivity contribution is 1.15. The van der Waals surface area contributed by atoms with Crippen molar-refractivity contribution in [2.45, 2.75) is 13.5 Å². The van der Waals surface area contributed by atoms with Crippen LogP contribution >= 0.6 is 15.9 Å². The molecule has 4 heteroatoms. The Kier molecular flexibility index (Phi) is 3.80. The highest BCUT2D eigenvalue weighted by molar-refractivity contribution is 9.10. The summed E-state index contributed by atoms with van der Waals surface area (Å²) in [6.07, 6.45) is 1.84. The van der Waals surface area contributed by atoms with Crippen molar-refractivity contribution in [3.63, 3.8) is 0 Å². The number of anilines is 2. The number of rotatable bonds is 3. The highest BCUT2D eigenvalue weighted by Crippen LogP contribution is 2.28. The van der Waals surface area contributed by atoms with Crippen LogP contribution in [0.2, 0.25) is 0 Å². The molecule has 0 aliphatic heterocycles. The first-order valence-corrected chi connectivity index (χ1v) is 7.56. The zero-order chi connectivity index (χ0) is 14.8.